The molecular weight excluding hydrogens is 1060 g/mol. The van der Waals surface area contributed by atoms with E-state index in [9.17, 15) is 50.6 Å². The zero-order valence-electron chi connectivity index (χ0n) is 44.0. The number of benzene rings is 2. The van der Waals surface area contributed by atoms with E-state index in [2.05, 4.69) is 57.0 Å². The number of pyridine rings is 1. The molecule has 5 heterocycles. The number of hydrogen-bond acceptors (Lipinski definition) is 15. The number of piperazine rings is 1. The van der Waals surface area contributed by atoms with Crippen molar-refractivity contribution in [3.8, 4) is 23.3 Å². The van der Waals surface area contributed by atoms with Gasteiger partial charge in [-0.3, -0.25) is 19.9 Å². The van der Waals surface area contributed by atoms with E-state index in [1.54, 1.807) is 18.3 Å². The Hall–Kier alpha value is -7.15. The van der Waals surface area contributed by atoms with Crippen molar-refractivity contribution in [2.75, 3.05) is 52.0 Å². The third-order valence-corrected chi connectivity index (χ3v) is 14.5. The SMILES string of the molecule is COC(=O)N[C@H](C(=O)N[C@@H](Cc1ccc(C#Cc2ccc(N3CC4CCC(C3)N4C3COC3)nc2)cc1)[C@@H](O)CN(Cc1c(F)cc(-c2nnc(C)o2)cc1F)NC(=O)[C@@H](NC(=O)OC)C(C)(C)C(F)(F)F)C(C)(C)C(F)(F)F. The number of methoxy groups -OCH3 is 2. The van der Waals surface area contributed by atoms with Crippen LogP contribution in [-0.2, 0) is 36.8 Å². The average molecular weight is 1120 g/mol. The number of carbonyl (C=O) groups is 4. The lowest BCUT2D eigenvalue weighted by atomic mass is 9.82. The summed E-state index contributed by atoms with van der Waals surface area (Å²) in [4.78, 5) is 62.4. The summed E-state index contributed by atoms with van der Waals surface area (Å²) in [5.74, 6) is 0.878. The second-order valence-electron chi connectivity index (χ2n) is 20.6. The maximum atomic E-state index is 16.0. The Labute approximate surface area is 449 Å². The second kappa shape index (κ2) is 24.1. The molecule has 3 fully saturated rings. The molecule has 19 nitrogen and oxygen atoms in total. The van der Waals surface area contributed by atoms with Crippen molar-refractivity contribution in [2.24, 2.45) is 10.8 Å². The number of ether oxygens (including phenoxy) is 3. The highest BCUT2D eigenvalue weighted by molar-refractivity contribution is 5.87. The van der Waals surface area contributed by atoms with E-state index in [1.165, 1.54) is 19.1 Å². The molecule has 2 aromatic carbocycles. The third-order valence-electron chi connectivity index (χ3n) is 14.5. The number of hydrogen-bond donors (Lipinski definition) is 5. The zero-order valence-corrected chi connectivity index (χ0v) is 44.0. The summed E-state index contributed by atoms with van der Waals surface area (Å²) in [6.07, 6.45) is -11.9. The number of aliphatic hydroxyl groups excluding tert-OH is 1. The molecule has 4 aromatic rings. The molecule has 0 aliphatic carbocycles. The predicted octanol–water partition coefficient (Wildman–Crippen LogP) is 5.72. The largest absolute Gasteiger partial charge is 0.453 e. The minimum absolute atomic E-state index is 0.0431. The van der Waals surface area contributed by atoms with E-state index in [4.69, 9.17) is 9.15 Å². The summed E-state index contributed by atoms with van der Waals surface area (Å²) < 4.78 is 139. The van der Waals surface area contributed by atoms with Gasteiger partial charge in [0.25, 0.3) is 5.91 Å². The Morgan fingerprint density at radius 3 is 1.81 bits per heavy atom. The number of aliphatic hydroxyl groups is 1. The van der Waals surface area contributed by atoms with Crippen LogP contribution in [0.1, 0.15) is 68.7 Å². The van der Waals surface area contributed by atoms with Gasteiger partial charge >= 0.3 is 24.5 Å². The van der Waals surface area contributed by atoms with Crippen molar-refractivity contribution in [1.29, 1.82) is 0 Å². The van der Waals surface area contributed by atoms with Crippen LogP contribution in [0.15, 0.2) is 59.1 Å². The molecule has 7 rings (SSSR count). The summed E-state index contributed by atoms with van der Waals surface area (Å²) in [5, 5.41) is 26.0. The van der Waals surface area contributed by atoms with Gasteiger partial charge in [-0.05, 0) is 88.9 Å². The molecule has 0 spiro atoms. The maximum absolute atomic E-state index is 16.0. The summed E-state index contributed by atoms with van der Waals surface area (Å²) >= 11 is 0. The molecule has 79 heavy (non-hydrogen) atoms. The Morgan fingerprint density at radius 2 is 1.33 bits per heavy atom. The van der Waals surface area contributed by atoms with Crippen LogP contribution in [0.3, 0.4) is 0 Å². The molecule has 0 radical (unpaired) electrons. The first-order valence-corrected chi connectivity index (χ1v) is 24.9. The van der Waals surface area contributed by atoms with Crippen LogP contribution in [0.2, 0.25) is 0 Å². The number of nitrogens with zero attached hydrogens (tertiary/aromatic N) is 6. The number of rotatable bonds is 18. The molecular formula is C52H60F8N10O9. The van der Waals surface area contributed by atoms with Crippen molar-refractivity contribution in [1.82, 2.24) is 46.5 Å². The average Bonchev–Trinajstić information content (AvgIpc) is 4.16. The predicted molar refractivity (Wildman–Crippen MR) is 265 cm³/mol. The quantitative estimate of drug-likeness (QED) is 0.0457. The van der Waals surface area contributed by atoms with Crippen molar-refractivity contribution in [2.45, 2.75) is 115 Å². The molecule has 27 heteroatoms. The molecule has 5 N–H and O–H groups in total. The lowest BCUT2D eigenvalue weighted by molar-refractivity contribution is -0.221. The van der Waals surface area contributed by atoms with E-state index in [0.717, 1.165) is 71.3 Å². The molecule has 428 valence electrons. The summed E-state index contributed by atoms with van der Waals surface area (Å²) in [6.45, 7) is 4.87. The fraction of sp³-hybridized carbons (Fsp3) is 0.519. The number of fused-ring (bicyclic) bond motifs is 2. The van der Waals surface area contributed by atoms with Gasteiger partial charge in [-0.2, -0.15) is 26.3 Å². The molecule has 2 aromatic heterocycles. The van der Waals surface area contributed by atoms with Gasteiger partial charge in [0, 0.05) is 73.6 Å². The topological polar surface area (TPSA) is 226 Å². The standard InChI is InChI=1S/C52H60F8N10O9/c1-28-65-66-46(79-28)32-19-37(53)36(38(54)20-32)24-69(67-45(73)43(64-48(75)77-7)50(4,5)52(58,59)60)25-40(71)39(62-44(72)42(63-47(74)76-6)49(2,3)51(55,56)57)18-30-11-8-29(9-12-30)10-13-31-14-17-41(61-21-31)68-22-33-15-16-34(23-68)70(33)35-26-78-27-35/h8-9,11-12,14,17,19-21,33-35,39-40,42-43,71H,15-16,18,22-27H2,1-7H3,(H,62,72)(H,63,74)(H,64,75)(H,67,73)/t33?,34?,39-,40-,42+,43+/m0/s1. The first kappa shape index (κ1) is 59.5. The van der Waals surface area contributed by atoms with Crippen molar-refractivity contribution < 1.29 is 78.0 Å². The fourth-order valence-corrected chi connectivity index (χ4v) is 9.47. The molecule has 6 atom stereocenters. The number of alkyl carbamates (subject to hydrolysis) is 2. The van der Waals surface area contributed by atoms with Gasteiger partial charge in [-0.1, -0.05) is 24.0 Å². The lowest BCUT2D eigenvalue weighted by Gasteiger charge is -2.47. The number of alkyl halides is 6. The number of halogens is 8. The van der Waals surface area contributed by atoms with Crippen LogP contribution in [0.4, 0.5) is 50.5 Å². The van der Waals surface area contributed by atoms with E-state index in [-0.39, 0.29) is 17.3 Å². The fourth-order valence-electron chi connectivity index (χ4n) is 9.47. The number of amides is 4. The first-order chi connectivity index (χ1) is 37.1. The van der Waals surface area contributed by atoms with Crippen LogP contribution >= 0.6 is 0 Å². The van der Waals surface area contributed by atoms with E-state index >= 15 is 8.78 Å². The lowest BCUT2D eigenvalue weighted by Crippen LogP contribution is -2.63. The second-order valence-corrected chi connectivity index (χ2v) is 20.6. The molecule has 2 unspecified atom stereocenters. The number of aromatic nitrogens is 3. The molecule has 3 aliphatic heterocycles. The Balaban J connectivity index is 1.17. The van der Waals surface area contributed by atoms with Crippen LogP contribution in [-0.4, -0.2) is 156 Å². The maximum Gasteiger partial charge on any atom is 0.407 e. The molecule has 3 saturated heterocycles. The van der Waals surface area contributed by atoms with Gasteiger partial charge in [-0.25, -0.2) is 28.4 Å². The van der Waals surface area contributed by atoms with Gasteiger partial charge in [0.05, 0.1) is 56.5 Å². The van der Waals surface area contributed by atoms with E-state index in [1.807, 2.05) is 22.8 Å². The number of nitrogens with one attached hydrogen (secondary N) is 4. The molecule has 2 bridgehead atoms. The Bertz CT molecular complexity index is 2850. The van der Waals surface area contributed by atoms with Crippen molar-refractivity contribution in [3.05, 3.63) is 94.5 Å². The summed E-state index contributed by atoms with van der Waals surface area (Å²) in [6, 6.07) is 6.12. The smallest absolute Gasteiger partial charge is 0.407 e. The van der Waals surface area contributed by atoms with Crippen LogP contribution in [0.5, 0.6) is 0 Å². The summed E-state index contributed by atoms with van der Waals surface area (Å²) in [5.41, 5.74) is -3.70. The van der Waals surface area contributed by atoms with Crippen LogP contribution in [0.25, 0.3) is 11.5 Å². The monoisotopic (exact) mass is 1120 g/mol. The Kier molecular flexibility index (Phi) is 18.1. The van der Waals surface area contributed by atoms with Gasteiger partial charge in [0.1, 0.15) is 29.5 Å². The minimum Gasteiger partial charge on any atom is -0.453 e. The van der Waals surface area contributed by atoms with E-state index in [0.29, 0.717) is 67.5 Å². The van der Waals surface area contributed by atoms with Crippen LogP contribution in [0, 0.1) is 41.2 Å². The zero-order chi connectivity index (χ0) is 57.8. The van der Waals surface area contributed by atoms with Gasteiger partial charge in [-0.15, -0.1) is 10.2 Å². The number of hydrazine groups is 1. The summed E-state index contributed by atoms with van der Waals surface area (Å²) in [7, 11) is 1.65. The molecule has 4 amide bonds. The minimum atomic E-state index is -5.19. The van der Waals surface area contributed by atoms with Crippen LogP contribution < -0.4 is 26.3 Å². The molecule has 3 aliphatic rings. The highest BCUT2D eigenvalue weighted by atomic mass is 19.4. The Morgan fingerprint density at radius 1 is 0.785 bits per heavy atom. The first-order valence-electron chi connectivity index (χ1n) is 24.9. The number of aryl methyl sites for hydroxylation is 1. The van der Waals surface area contributed by atoms with Crippen molar-refractivity contribution >= 4 is 29.8 Å². The number of carbonyl (C=O) groups excluding carboxylic acids is 4. The highest BCUT2D eigenvalue weighted by Gasteiger charge is 2.57. The highest BCUT2D eigenvalue weighted by Crippen LogP contribution is 2.42. The number of anilines is 1. The van der Waals surface area contributed by atoms with Gasteiger partial charge in [0.2, 0.25) is 17.7 Å². The van der Waals surface area contributed by atoms with Gasteiger partial charge < -0.3 is 44.6 Å². The van der Waals surface area contributed by atoms with Gasteiger partial charge in [0.15, 0.2) is 0 Å². The van der Waals surface area contributed by atoms with E-state index < -0.39 is 108 Å². The van der Waals surface area contributed by atoms with Crippen molar-refractivity contribution in [3.63, 3.8) is 0 Å². The normalized spacial score (nSPS) is 18.6. The molecule has 0 saturated carbocycles. The third kappa shape index (κ3) is 13.8.